The second-order valence-corrected chi connectivity index (χ2v) is 6.27. The number of aromatic nitrogens is 4. The average molecular weight is 335 g/mol. The van der Waals surface area contributed by atoms with Gasteiger partial charge in [0.2, 0.25) is 0 Å². The number of para-hydroxylation sites is 1. The Labute approximate surface area is 146 Å². The molecule has 0 bridgehead atoms. The zero-order valence-corrected chi connectivity index (χ0v) is 14.4. The van der Waals surface area contributed by atoms with Crippen molar-refractivity contribution in [3.63, 3.8) is 0 Å². The van der Waals surface area contributed by atoms with E-state index in [9.17, 15) is 0 Å². The van der Waals surface area contributed by atoms with Crippen LogP contribution in [0.2, 0.25) is 0 Å². The summed E-state index contributed by atoms with van der Waals surface area (Å²) in [5.41, 5.74) is 4.15. The van der Waals surface area contributed by atoms with Gasteiger partial charge in [0.25, 0.3) is 0 Å². The van der Waals surface area contributed by atoms with Crippen molar-refractivity contribution in [1.82, 2.24) is 24.9 Å². The van der Waals surface area contributed by atoms with Gasteiger partial charge < -0.3 is 9.73 Å². The predicted octanol–water partition coefficient (Wildman–Crippen LogP) is 2.90. The van der Waals surface area contributed by atoms with Crippen molar-refractivity contribution in [2.24, 2.45) is 14.1 Å². The van der Waals surface area contributed by atoms with E-state index in [-0.39, 0.29) is 0 Å². The van der Waals surface area contributed by atoms with Crippen LogP contribution < -0.4 is 5.32 Å². The molecule has 3 aromatic heterocycles. The Balaban J connectivity index is 1.47. The summed E-state index contributed by atoms with van der Waals surface area (Å²) < 4.78 is 9.64. The first-order chi connectivity index (χ1) is 12.2. The number of hydrogen-bond donors (Lipinski definition) is 1. The molecule has 25 heavy (non-hydrogen) atoms. The van der Waals surface area contributed by atoms with Crippen molar-refractivity contribution in [2.75, 3.05) is 6.54 Å². The summed E-state index contributed by atoms with van der Waals surface area (Å²) in [6, 6.07) is 10.1. The lowest BCUT2D eigenvalue weighted by molar-refractivity contribution is 0.622. The summed E-state index contributed by atoms with van der Waals surface area (Å²) in [6.45, 7) is 1.64. The third kappa shape index (κ3) is 3.34. The highest BCUT2D eigenvalue weighted by Gasteiger charge is 2.14. The van der Waals surface area contributed by atoms with E-state index >= 15 is 0 Å². The van der Waals surface area contributed by atoms with Gasteiger partial charge in [-0.15, -0.1) is 0 Å². The van der Waals surface area contributed by atoms with Crippen LogP contribution in [-0.2, 0) is 27.1 Å². The summed E-state index contributed by atoms with van der Waals surface area (Å²) in [5, 5.41) is 13.4. The van der Waals surface area contributed by atoms with Crippen LogP contribution in [0, 0.1) is 0 Å². The Morgan fingerprint density at radius 1 is 1.12 bits per heavy atom. The molecule has 1 aromatic carbocycles. The molecule has 0 aliphatic carbocycles. The Morgan fingerprint density at radius 3 is 2.80 bits per heavy atom. The zero-order valence-electron chi connectivity index (χ0n) is 14.4. The molecule has 6 heteroatoms. The summed E-state index contributed by atoms with van der Waals surface area (Å²) in [5.74, 6) is 0.811. The summed E-state index contributed by atoms with van der Waals surface area (Å²) in [6.07, 6.45) is 6.95. The number of benzene rings is 1. The van der Waals surface area contributed by atoms with E-state index < -0.39 is 0 Å². The normalized spacial score (nSPS) is 11.4. The largest absolute Gasteiger partial charge is 0.454 e. The van der Waals surface area contributed by atoms with E-state index in [0.29, 0.717) is 0 Å². The topological polar surface area (TPSA) is 60.8 Å². The number of nitrogens with one attached hydrogen (secondary N) is 1. The molecule has 0 saturated carbocycles. The van der Waals surface area contributed by atoms with Crippen molar-refractivity contribution < 1.29 is 4.42 Å². The molecule has 128 valence electrons. The third-order valence-corrected chi connectivity index (χ3v) is 4.23. The zero-order chi connectivity index (χ0) is 17.2. The maximum Gasteiger partial charge on any atom is 0.156 e. The Hall–Kier alpha value is -2.86. The van der Waals surface area contributed by atoms with Gasteiger partial charge in [-0.1, -0.05) is 18.2 Å². The van der Waals surface area contributed by atoms with E-state index in [1.54, 1.807) is 0 Å². The molecule has 4 aromatic rings. The molecule has 6 nitrogen and oxygen atoms in total. The predicted molar refractivity (Wildman–Crippen MR) is 97.0 cm³/mol. The summed E-state index contributed by atoms with van der Waals surface area (Å²) >= 11 is 0. The molecule has 0 saturated heterocycles. The monoisotopic (exact) mass is 335 g/mol. The fourth-order valence-corrected chi connectivity index (χ4v) is 3.03. The number of rotatable bonds is 6. The van der Waals surface area contributed by atoms with E-state index in [1.165, 1.54) is 5.56 Å². The molecule has 0 spiro atoms. The van der Waals surface area contributed by atoms with E-state index in [0.717, 1.165) is 47.5 Å². The Morgan fingerprint density at radius 2 is 2.00 bits per heavy atom. The minimum absolute atomic E-state index is 0.750. The summed E-state index contributed by atoms with van der Waals surface area (Å²) in [7, 11) is 3.87. The minimum Gasteiger partial charge on any atom is -0.454 e. The average Bonchev–Trinajstić information content (AvgIpc) is 3.29. The van der Waals surface area contributed by atoms with Crippen molar-refractivity contribution in [3.05, 3.63) is 60.0 Å². The lowest BCUT2D eigenvalue weighted by atomic mass is 10.2. The van der Waals surface area contributed by atoms with Crippen molar-refractivity contribution in [3.8, 4) is 11.5 Å². The highest BCUT2D eigenvalue weighted by atomic mass is 16.3. The van der Waals surface area contributed by atoms with E-state index in [1.807, 2.05) is 60.2 Å². The highest BCUT2D eigenvalue weighted by molar-refractivity contribution is 5.82. The molecular weight excluding hydrogens is 314 g/mol. The molecule has 0 aliphatic rings. The number of aryl methyl sites for hydroxylation is 2. The van der Waals surface area contributed by atoms with Gasteiger partial charge in [-0.3, -0.25) is 9.36 Å². The molecule has 0 radical (unpaired) electrons. The first kappa shape index (κ1) is 15.7. The lowest BCUT2D eigenvalue weighted by Crippen LogP contribution is -2.16. The molecule has 0 atom stereocenters. The fourth-order valence-electron chi connectivity index (χ4n) is 3.03. The van der Waals surface area contributed by atoms with Crippen molar-refractivity contribution in [1.29, 1.82) is 0 Å². The lowest BCUT2D eigenvalue weighted by Gasteiger charge is -2.03. The molecule has 0 fully saturated rings. The number of hydrogen-bond acceptors (Lipinski definition) is 4. The number of nitrogens with zero attached hydrogens (tertiary/aromatic N) is 4. The maximum atomic E-state index is 5.97. The van der Waals surface area contributed by atoms with E-state index in [2.05, 4.69) is 27.6 Å². The molecule has 1 N–H and O–H groups in total. The third-order valence-electron chi connectivity index (χ3n) is 4.23. The first-order valence-corrected chi connectivity index (χ1v) is 8.39. The van der Waals surface area contributed by atoms with Crippen LogP contribution in [0.25, 0.3) is 22.4 Å². The standard InChI is InChI=1S/C19H21N5O/c1-23-12-14(10-21-23)7-8-20-11-16-13-24(2)22-19(16)18-9-15-5-3-4-6-17(15)25-18/h3-6,9-10,12-13,20H,7-8,11H2,1-2H3. The van der Waals surface area contributed by atoms with Crippen LogP contribution in [0.5, 0.6) is 0 Å². The van der Waals surface area contributed by atoms with Crippen LogP contribution >= 0.6 is 0 Å². The molecule has 3 heterocycles. The van der Waals surface area contributed by atoms with Gasteiger partial charge in [-0.2, -0.15) is 10.2 Å². The Bertz CT molecular complexity index is 961. The quantitative estimate of drug-likeness (QED) is 0.550. The second-order valence-electron chi connectivity index (χ2n) is 6.27. The fraction of sp³-hybridized carbons (Fsp3) is 0.263. The SMILES string of the molecule is Cn1cc(CCNCc2cn(C)nc2-c2cc3ccccc3o2)cn1. The van der Waals surface area contributed by atoms with Gasteiger partial charge in [0, 0.05) is 44.0 Å². The van der Waals surface area contributed by atoms with Crippen LogP contribution in [0.1, 0.15) is 11.1 Å². The molecule has 0 amide bonds. The van der Waals surface area contributed by atoms with Crippen LogP contribution in [0.15, 0.2) is 53.3 Å². The molecule has 0 aliphatic heterocycles. The van der Waals surface area contributed by atoms with Gasteiger partial charge in [0.1, 0.15) is 11.3 Å². The summed E-state index contributed by atoms with van der Waals surface area (Å²) in [4.78, 5) is 0. The van der Waals surface area contributed by atoms with Crippen LogP contribution in [-0.4, -0.2) is 26.1 Å². The van der Waals surface area contributed by atoms with Gasteiger partial charge in [0.05, 0.1) is 6.20 Å². The van der Waals surface area contributed by atoms with Crippen LogP contribution in [0.4, 0.5) is 0 Å². The number of fused-ring (bicyclic) bond motifs is 1. The second kappa shape index (κ2) is 6.57. The molecule has 4 rings (SSSR count). The van der Waals surface area contributed by atoms with Crippen molar-refractivity contribution >= 4 is 11.0 Å². The smallest absolute Gasteiger partial charge is 0.156 e. The minimum atomic E-state index is 0.750. The van der Waals surface area contributed by atoms with E-state index in [4.69, 9.17) is 4.42 Å². The van der Waals surface area contributed by atoms with Gasteiger partial charge >= 0.3 is 0 Å². The first-order valence-electron chi connectivity index (χ1n) is 8.39. The molecular formula is C19H21N5O. The van der Waals surface area contributed by atoms with Gasteiger partial charge in [-0.25, -0.2) is 0 Å². The highest BCUT2D eigenvalue weighted by Crippen LogP contribution is 2.28. The van der Waals surface area contributed by atoms with Crippen molar-refractivity contribution in [2.45, 2.75) is 13.0 Å². The van der Waals surface area contributed by atoms with Gasteiger partial charge in [0.15, 0.2) is 5.76 Å². The molecule has 0 unspecified atom stereocenters. The van der Waals surface area contributed by atoms with Gasteiger partial charge in [-0.05, 0) is 30.7 Å². The number of furan rings is 1. The Kier molecular flexibility index (Phi) is 4.11. The van der Waals surface area contributed by atoms with Crippen LogP contribution in [0.3, 0.4) is 0 Å². The maximum absolute atomic E-state index is 5.97.